The van der Waals surface area contributed by atoms with Crippen LogP contribution in [0.4, 0.5) is 0 Å². The molecule has 0 aliphatic carbocycles. The molecule has 1 unspecified atom stereocenters. The van der Waals surface area contributed by atoms with E-state index >= 15 is 0 Å². The van der Waals surface area contributed by atoms with Crippen LogP contribution in [0.15, 0.2) is 48.7 Å². The predicted molar refractivity (Wildman–Crippen MR) is 104 cm³/mol. The molecule has 1 atom stereocenters. The lowest BCUT2D eigenvalue weighted by molar-refractivity contribution is -0.134. The first-order chi connectivity index (χ1) is 13.7. The quantitative estimate of drug-likeness (QED) is 0.593. The number of nitrogens with one attached hydrogen (secondary N) is 3. The predicted octanol–water partition coefficient (Wildman–Crippen LogP) is 0.965. The minimum atomic E-state index is -0.478. The summed E-state index contributed by atoms with van der Waals surface area (Å²) in [5.74, 6) is -0.278. The van der Waals surface area contributed by atoms with Crippen LogP contribution in [0.25, 0.3) is 11.0 Å². The molecule has 8 nitrogen and oxygen atoms in total. The minimum Gasteiger partial charge on any atom is -0.353 e. The van der Waals surface area contributed by atoms with Gasteiger partial charge in [-0.1, -0.05) is 30.3 Å². The highest BCUT2D eigenvalue weighted by Gasteiger charge is 2.31. The Balaban J connectivity index is 1.39. The molecule has 0 bridgehead atoms. The molecule has 3 heterocycles. The maximum atomic E-state index is 12.5. The number of aromatic amines is 1. The van der Waals surface area contributed by atoms with Gasteiger partial charge < -0.3 is 10.6 Å². The van der Waals surface area contributed by atoms with Crippen molar-refractivity contribution in [1.29, 1.82) is 0 Å². The molecule has 2 aromatic heterocycles. The number of hydrogen-bond donors (Lipinski definition) is 3. The molecule has 1 saturated heterocycles. The zero-order valence-corrected chi connectivity index (χ0v) is 15.4. The van der Waals surface area contributed by atoms with E-state index in [2.05, 4.69) is 30.7 Å². The fourth-order valence-electron chi connectivity index (χ4n) is 3.46. The Kier molecular flexibility index (Phi) is 5.29. The van der Waals surface area contributed by atoms with E-state index in [0.717, 1.165) is 23.2 Å². The molecule has 144 valence electrons. The highest BCUT2D eigenvalue weighted by Crippen LogP contribution is 2.15. The van der Waals surface area contributed by atoms with Gasteiger partial charge in [0.15, 0.2) is 5.65 Å². The van der Waals surface area contributed by atoms with Crippen LogP contribution in [0.3, 0.4) is 0 Å². The highest BCUT2D eigenvalue weighted by molar-refractivity contribution is 5.89. The molecule has 8 heteroatoms. The lowest BCUT2D eigenvalue weighted by Crippen LogP contribution is -2.56. The summed E-state index contributed by atoms with van der Waals surface area (Å²) in [5.41, 5.74) is 2.54. The van der Waals surface area contributed by atoms with Gasteiger partial charge in [0.05, 0.1) is 24.7 Å². The molecular weight excluding hydrogens is 356 g/mol. The number of nitrogens with zero attached hydrogens (tertiary/aromatic N) is 3. The van der Waals surface area contributed by atoms with Crippen LogP contribution in [0, 0.1) is 0 Å². The fraction of sp³-hybridized carbons (Fsp3) is 0.300. The minimum absolute atomic E-state index is 0.103. The molecule has 28 heavy (non-hydrogen) atoms. The van der Waals surface area contributed by atoms with Crippen LogP contribution in [-0.4, -0.2) is 51.0 Å². The summed E-state index contributed by atoms with van der Waals surface area (Å²) >= 11 is 0. The lowest BCUT2D eigenvalue weighted by atomic mass is 10.1. The summed E-state index contributed by atoms with van der Waals surface area (Å²) in [6, 6.07) is 13.2. The van der Waals surface area contributed by atoms with Crippen molar-refractivity contribution in [2.75, 3.05) is 13.1 Å². The van der Waals surface area contributed by atoms with Gasteiger partial charge in [-0.3, -0.25) is 19.6 Å². The topological polar surface area (TPSA) is 103 Å². The van der Waals surface area contributed by atoms with E-state index in [9.17, 15) is 9.59 Å². The van der Waals surface area contributed by atoms with Crippen molar-refractivity contribution in [3.63, 3.8) is 0 Å². The van der Waals surface area contributed by atoms with Gasteiger partial charge in [-0.25, -0.2) is 4.98 Å². The Morgan fingerprint density at radius 1 is 1.21 bits per heavy atom. The van der Waals surface area contributed by atoms with Crippen molar-refractivity contribution < 1.29 is 9.59 Å². The maximum absolute atomic E-state index is 12.5. The normalized spacial score (nSPS) is 17.4. The van der Waals surface area contributed by atoms with Crippen LogP contribution >= 0.6 is 0 Å². The molecule has 2 amide bonds. The third kappa shape index (κ3) is 4.01. The van der Waals surface area contributed by atoms with Crippen molar-refractivity contribution >= 4 is 22.8 Å². The summed E-state index contributed by atoms with van der Waals surface area (Å²) in [4.78, 5) is 31.1. The largest absolute Gasteiger partial charge is 0.353 e. The van der Waals surface area contributed by atoms with Crippen molar-refractivity contribution in [1.82, 2.24) is 30.7 Å². The van der Waals surface area contributed by atoms with E-state index < -0.39 is 6.04 Å². The molecule has 1 aliphatic rings. The number of piperazine rings is 1. The third-order valence-electron chi connectivity index (χ3n) is 4.92. The molecule has 0 saturated carbocycles. The Morgan fingerprint density at radius 2 is 2.07 bits per heavy atom. The van der Waals surface area contributed by atoms with Crippen LogP contribution in [0.1, 0.15) is 17.7 Å². The summed E-state index contributed by atoms with van der Waals surface area (Å²) in [6.45, 7) is 2.27. The summed E-state index contributed by atoms with van der Waals surface area (Å²) in [6.07, 6.45) is 1.79. The zero-order chi connectivity index (χ0) is 19.3. The summed E-state index contributed by atoms with van der Waals surface area (Å²) in [5, 5.41) is 13.7. The van der Waals surface area contributed by atoms with Gasteiger partial charge >= 0.3 is 0 Å². The second kappa shape index (κ2) is 8.18. The first kappa shape index (κ1) is 18.1. The van der Waals surface area contributed by atoms with Gasteiger partial charge in [0.25, 0.3) is 0 Å². The van der Waals surface area contributed by atoms with Crippen molar-refractivity contribution in [2.24, 2.45) is 0 Å². The molecule has 1 aromatic carbocycles. The molecule has 1 fully saturated rings. The SMILES string of the molecule is O=C(CC1C(=O)NCCN1Cc1ccccc1)NCc1[nH]nc2ncccc12. The zero-order valence-electron chi connectivity index (χ0n) is 15.4. The number of hydrogen-bond acceptors (Lipinski definition) is 5. The number of H-pyrrole nitrogens is 1. The van der Waals surface area contributed by atoms with E-state index in [1.807, 2.05) is 42.5 Å². The Bertz CT molecular complexity index is 971. The second-order valence-corrected chi connectivity index (χ2v) is 6.82. The molecule has 0 spiro atoms. The van der Waals surface area contributed by atoms with Crippen LogP contribution in [-0.2, 0) is 22.7 Å². The van der Waals surface area contributed by atoms with Crippen molar-refractivity contribution in [2.45, 2.75) is 25.6 Å². The number of aromatic nitrogens is 3. The van der Waals surface area contributed by atoms with Gasteiger partial charge in [0.1, 0.15) is 0 Å². The van der Waals surface area contributed by atoms with Crippen LogP contribution in [0.2, 0.25) is 0 Å². The van der Waals surface area contributed by atoms with Crippen molar-refractivity contribution in [3.05, 3.63) is 59.9 Å². The van der Waals surface area contributed by atoms with Gasteiger partial charge in [-0.05, 0) is 17.7 Å². The molecule has 3 aromatic rings. The van der Waals surface area contributed by atoms with E-state index in [1.165, 1.54) is 0 Å². The second-order valence-electron chi connectivity index (χ2n) is 6.82. The Labute approximate surface area is 162 Å². The average Bonchev–Trinajstić information content (AvgIpc) is 3.13. The number of rotatable bonds is 6. The van der Waals surface area contributed by atoms with E-state index in [4.69, 9.17) is 0 Å². The summed E-state index contributed by atoms with van der Waals surface area (Å²) in [7, 11) is 0. The number of benzene rings is 1. The van der Waals surface area contributed by atoms with Gasteiger partial charge in [-0.2, -0.15) is 5.10 Å². The number of carbonyl (C=O) groups is 2. The maximum Gasteiger partial charge on any atom is 0.237 e. The number of pyridine rings is 1. The van der Waals surface area contributed by atoms with Gasteiger partial charge in [0.2, 0.25) is 11.8 Å². The van der Waals surface area contributed by atoms with E-state index in [0.29, 0.717) is 25.3 Å². The first-order valence-corrected chi connectivity index (χ1v) is 9.31. The van der Waals surface area contributed by atoms with Crippen molar-refractivity contribution in [3.8, 4) is 0 Å². The first-order valence-electron chi connectivity index (χ1n) is 9.31. The number of carbonyl (C=O) groups excluding carboxylic acids is 2. The van der Waals surface area contributed by atoms with E-state index in [-0.39, 0.29) is 18.2 Å². The molecule has 1 aliphatic heterocycles. The molecular formula is C20H22N6O2. The lowest BCUT2D eigenvalue weighted by Gasteiger charge is -2.34. The fourth-order valence-corrected chi connectivity index (χ4v) is 3.46. The van der Waals surface area contributed by atoms with Crippen LogP contribution in [0.5, 0.6) is 0 Å². The summed E-state index contributed by atoms with van der Waals surface area (Å²) < 4.78 is 0. The van der Waals surface area contributed by atoms with Gasteiger partial charge in [0, 0.05) is 31.2 Å². The van der Waals surface area contributed by atoms with Crippen LogP contribution < -0.4 is 10.6 Å². The monoisotopic (exact) mass is 378 g/mol. The van der Waals surface area contributed by atoms with Gasteiger partial charge in [-0.15, -0.1) is 0 Å². The molecule has 3 N–H and O–H groups in total. The number of fused-ring (bicyclic) bond motifs is 1. The third-order valence-corrected chi connectivity index (χ3v) is 4.92. The standard InChI is InChI=1S/C20H22N6O2/c27-18(23-12-16-15-7-4-8-21-19(15)25-24-16)11-17-20(28)22-9-10-26(17)13-14-5-2-1-3-6-14/h1-8,17H,9-13H2,(H,22,28)(H,23,27)(H,21,24,25). The molecule has 4 rings (SSSR count). The Morgan fingerprint density at radius 3 is 2.93 bits per heavy atom. The number of amides is 2. The average molecular weight is 378 g/mol. The smallest absolute Gasteiger partial charge is 0.237 e. The highest BCUT2D eigenvalue weighted by atomic mass is 16.2. The molecule has 0 radical (unpaired) electrons. The van der Waals surface area contributed by atoms with E-state index in [1.54, 1.807) is 6.20 Å². The Hall–Kier alpha value is -3.26.